The van der Waals surface area contributed by atoms with E-state index < -0.39 is 0 Å². The van der Waals surface area contributed by atoms with E-state index in [1.807, 2.05) is 18.2 Å². The van der Waals surface area contributed by atoms with Crippen molar-refractivity contribution in [1.29, 1.82) is 0 Å². The number of nitrogens with one attached hydrogen (secondary N) is 2. The van der Waals surface area contributed by atoms with Crippen LogP contribution in [0.3, 0.4) is 0 Å². The first-order valence-corrected chi connectivity index (χ1v) is 7.56. The van der Waals surface area contributed by atoms with Gasteiger partial charge in [-0.25, -0.2) is 0 Å². The van der Waals surface area contributed by atoms with Crippen LogP contribution in [0.5, 0.6) is 0 Å². The molecular formula is C16H21N3O2. The summed E-state index contributed by atoms with van der Waals surface area (Å²) in [5.41, 5.74) is 2.95. The first-order valence-electron chi connectivity index (χ1n) is 7.56. The zero-order valence-corrected chi connectivity index (χ0v) is 12.3. The van der Waals surface area contributed by atoms with E-state index in [4.69, 9.17) is 0 Å². The van der Waals surface area contributed by atoms with E-state index >= 15 is 0 Å². The predicted molar refractivity (Wildman–Crippen MR) is 81.4 cm³/mol. The molecule has 0 aliphatic carbocycles. The molecule has 21 heavy (non-hydrogen) atoms. The highest BCUT2D eigenvalue weighted by atomic mass is 16.2. The van der Waals surface area contributed by atoms with Crippen LogP contribution in [-0.4, -0.2) is 42.9 Å². The van der Waals surface area contributed by atoms with Crippen molar-refractivity contribution in [3.05, 3.63) is 29.3 Å². The number of anilines is 1. The quantitative estimate of drug-likeness (QED) is 0.864. The topological polar surface area (TPSA) is 61.4 Å². The predicted octanol–water partition coefficient (Wildman–Crippen LogP) is 1.40. The van der Waals surface area contributed by atoms with E-state index in [2.05, 4.69) is 10.6 Å². The van der Waals surface area contributed by atoms with Gasteiger partial charge in [-0.1, -0.05) is 6.07 Å². The van der Waals surface area contributed by atoms with Gasteiger partial charge in [0.1, 0.15) is 0 Å². The first-order chi connectivity index (χ1) is 10.1. The van der Waals surface area contributed by atoms with E-state index in [9.17, 15) is 9.59 Å². The van der Waals surface area contributed by atoms with E-state index in [0.29, 0.717) is 13.0 Å². The maximum absolute atomic E-state index is 12.5. The third-order valence-electron chi connectivity index (χ3n) is 4.30. The summed E-state index contributed by atoms with van der Waals surface area (Å²) in [6.07, 6.45) is 3.23. The van der Waals surface area contributed by atoms with Crippen molar-refractivity contribution in [1.82, 2.24) is 10.2 Å². The highest BCUT2D eigenvalue weighted by Crippen LogP contribution is 2.25. The minimum Gasteiger partial charge on any atom is -0.385 e. The van der Waals surface area contributed by atoms with Gasteiger partial charge < -0.3 is 15.5 Å². The Balaban J connectivity index is 1.73. The lowest BCUT2D eigenvalue weighted by Crippen LogP contribution is -2.48. The van der Waals surface area contributed by atoms with E-state index in [0.717, 1.165) is 42.6 Å². The Bertz CT molecular complexity index is 571. The van der Waals surface area contributed by atoms with Crippen LogP contribution in [0.1, 0.15) is 35.2 Å². The van der Waals surface area contributed by atoms with Gasteiger partial charge in [0.15, 0.2) is 0 Å². The minimum absolute atomic E-state index is 0.0247. The van der Waals surface area contributed by atoms with Gasteiger partial charge in [0.2, 0.25) is 5.91 Å². The Kier molecular flexibility index (Phi) is 3.82. The molecule has 2 aliphatic rings. The van der Waals surface area contributed by atoms with Crippen LogP contribution in [0.25, 0.3) is 0 Å². The van der Waals surface area contributed by atoms with Crippen LogP contribution in [0.15, 0.2) is 18.2 Å². The van der Waals surface area contributed by atoms with Crippen LogP contribution < -0.4 is 10.6 Å². The van der Waals surface area contributed by atoms with Crippen molar-refractivity contribution in [2.45, 2.75) is 31.7 Å². The smallest absolute Gasteiger partial charge is 0.251 e. The number of hydrogen-bond acceptors (Lipinski definition) is 3. The molecule has 0 aromatic heterocycles. The molecule has 1 unspecified atom stereocenters. The van der Waals surface area contributed by atoms with Crippen molar-refractivity contribution in [3.63, 3.8) is 0 Å². The summed E-state index contributed by atoms with van der Waals surface area (Å²) in [6.45, 7) is 1.56. The molecule has 2 N–H and O–H groups in total. The molecule has 5 nitrogen and oxygen atoms in total. The molecule has 5 heteroatoms. The summed E-state index contributed by atoms with van der Waals surface area (Å²) in [5.74, 6) is 0.130. The zero-order valence-electron chi connectivity index (χ0n) is 12.3. The van der Waals surface area contributed by atoms with Gasteiger partial charge in [0.05, 0.1) is 0 Å². The average molecular weight is 287 g/mol. The second-order valence-electron chi connectivity index (χ2n) is 5.85. The maximum Gasteiger partial charge on any atom is 0.251 e. The summed E-state index contributed by atoms with van der Waals surface area (Å²) < 4.78 is 0. The lowest BCUT2D eigenvalue weighted by molar-refractivity contribution is -0.132. The van der Waals surface area contributed by atoms with Crippen LogP contribution >= 0.6 is 0 Å². The molecule has 1 saturated heterocycles. The number of benzene rings is 1. The molecule has 3 rings (SSSR count). The van der Waals surface area contributed by atoms with Crippen molar-refractivity contribution in [2.24, 2.45) is 0 Å². The fourth-order valence-corrected chi connectivity index (χ4v) is 3.12. The maximum atomic E-state index is 12.5. The number of nitrogens with zero attached hydrogens (tertiary/aromatic N) is 1. The monoisotopic (exact) mass is 287 g/mol. The Morgan fingerprint density at radius 3 is 3.05 bits per heavy atom. The van der Waals surface area contributed by atoms with E-state index in [1.165, 1.54) is 0 Å². The molecule has 2 heterocycles. The lowest BCUT2D eigenvalue weighted by Gasteiger charge is -2.30. The number of rotatable bonds is 2. The van der Waals surface area contributed by atoms with Crippen molar-refractivity contribution in [3.8, 4) is 0 Å². The van der Waals surface area contributed by atoms with Gasteiger partial charge in [-0.2, -0.15) is 0 Å². The highest BCUT2D eigenvalue weighted by Gasteiger charge is 2.25. The summed E-state index contributed by atoms with van der Waals surface area (Å²) >= 11 is 0. The zero-order chi connectivity index (χ0) is 14.8. The molecule has 1 aromatic carbocycles. The molecule has 1 aromatic rings. The number of likely N-dealkylation sites (N-methyl/N-ethyl adjacent to an activating group) is 1. The third-order valence-corrected chi connectivity index (χ3v) is 4.30. The van der Waals surface area contributed by atoms with E-state index in [1.54, 1.807) is 11.9 Å². The number of fused-ring (bicyclic) bond motifs is 1. The Hall–Kier alpha value is -2.04. The van der Waals surface area contributed by atoms with Crippen molar-refractivity contribution < 1.29 is 9.59 Å². The molecule has 0 radical (unpaired) electrons. The Morgan fingerprint density at radius 1 is 1.38 bits per heavy atom. The first kappa shape index (κ1) is 13.9. The SMILES string of the molecule is CN1CC(NC(=O)c2cccc3c2CCCN3)CCC1=O. The normalized spacial score (nSPS) is 21.5. The fourth-order valence-electron chi connectivity index (χ4n) is 3.12. The standard InChI is InChI=1S/C16H21N3O2/c1-19-10-11(7-8-15(19)20)18-16(21)13-4-2-6-14-12(13)5-3-9-17-14/h2,4,6,11,17H,3,5,7-10H2,1H3,(H,18,21). The number of amides is 2. The van der Waals surface area contributed by atoms with Crippen LogP contribution in [0.4, 0.5) is 5.69 Å². The second kappa shape index (κ2) is 5.76. The Labute approximate surface area is 124 Å². The van der Waals surface area contributed by atoms with Gasteiger partial charge in [0, 0.05) is 43.9 Å². The van der Waals surface area contributed by atoms with Crippen LogP contribution in [-0.2, 0) is 11.2 Å². The van der Waals surface area contributed by atoms with Crippen LogP contribution in [0, 0.1) is 0 Å². The molecule has 2 aliphatic heterocycles. The second-order valence-corrected chi connectivity index (χ2v) is 5.85. The Morgan fingerprint density at radius 2 is 2.24 bits per heavy atom. The summed E-state index contributed by atoms with van der Waals surface area (Å²) in [7, 11) is 1.79. The molecule has 0 saturated carbocycles. The van der Waals surface area contributed by atoms with Crippen molar-refractivity contribution in [2.75, 3.05) is 25.5 Å². The summed E-state index contributed by atoms with van der Waals surface area (Å²) in [4.78, 5) is 25.7. The van der Waals surface area contributed by atoms with Gasteiger partial charge in [0.25, 0.3) is 5.91 Å². The molecular weight excluding hydrogens is 266 g/mol. The average Bonchev–Trinajstić information content (AvgIpc) is 2.50. The lowest BCUT2D eigenvalue weighted by atomic mass is 9.96. The number of carbonyl (C=O) groups excluding carboxylic acids is 2. The summed E-state index contributed by atoms with van der Waals surface area (Å²) in [6, 6.07) is 5.88. The fraction of sp³-hybridized carbons (Fsp3) is 0.500. The molecule has 0 bridgehead atoms. The number of hydrogen-bond donors (Lipinski definition) is 2. The molecule has 1 atom stereocenters. The van der Waals surface area contributed by atoms with Crippen molar-refractivity contribution >= 4 is 17.5 Å². The van der Waals surface area contributed by atoms with Gasteiger partial charge in [-0.05, 0) is 37.0 Å². The largest absolute Gasteiger partial charge is 0.385 e. The number of carbonyl (C=O) groups is 2. The third kappa shape index (κ3) is 2.86. The van der Waals surface area contributed by atoms with Gasteiger partial charge >= 0.3 is 0 Å². The highest BCUT2D eigenvalue weighted by molar-refractivity contribution is 5.97. The molecule has 1 fully saturated rings. The molecule has 112 valence electrons. The van der Waals surface area contributed by atoms with E-state index in [-0.39, 0.29) is 17.9 Å². The van der Waals surface area contributed by atoms with Gasteiger partial charge in [-0.3, -0.25) is 9.59 Å². The minimum atomic E-state index is -0.0247. The molecule has 0 spiro atoms. The number of piperidine rings is 1. The van der Waals surface area contributed by atoms with Gasteiger partial charge in [-0.15, -0.1) is 0 Å². The number of likely N-dealkylation sites (tertiary alicyclic amines) is 1. The molecule has 2 amide bonds. The van der Waals surface area contributed by atoms with Crippen LogP contribution in [0.2, 0.25) is 0 Å². The summed E-state index contributed by atoms with van der Waals surface area (Å²) in [5, 5.41) is 6.42.